The van der Waals surface area contributed by atoms with Crippen molar-refractivity contribution in [1.29, 1.82) is 0 Å². The van der Waals surface area contributed by atoms with Gasteiger partial charge in [0.2, 0.25) is 17.7 Å². The summed E-state index contributed by atoms with van der Waals surface area (Å²) in [4.78, 5) is 37.0. The molecular weight excluding hydrogens is 424 g/mol. The molecule has 10 heteroatoms. The second-order valence-corrected chi connectivity index (χ2v) is 9.53. The summed E-state index contributed by atoms with van der Waals surface area (Å²) >= 11 is 0. The quantitative estimate of drug-likeness (QED) is 0.399. The maximum atomic E-state index is 13.4. The van der Waals surface area contributed by atoms with Gasteiger partial charge in [-0.3, -0.25) is 9.59 Å². The number of nitrogens with one attached hydrogen (secondary N) is 3. The maximum Gasteiger partial charge on any atom is 0.408 e. The first-order valence-corrected chi connectivity index (χ1v) is 11.5. The summed E-state index contributed by atoms with van der Waals surface area (Å²) in [5, 5.41) is 17.7. The fourth-order valence-electron chi connectivity index (χ4n) is 4.37. The molecule has 1 heterocycles. The van der Waals surface area contributed by atoms with Gasteiger partial charge in [0.05, 0.1) is 12.6 Å². The molecule has 1 aliphatic heterocycles. The average molecular weight is 462 g/mol. The van der Waals surface area contributed by atoms with Crippen LogP contribution in [-0.2, 0) is 14.3 Å². The molecule has 1 saturated heterocycles. The number of halogens is 2. The Morgan fingerprint density at radius 3 is 2.38 bits per heavy atom. The molecule has 4 N–H and O–H groups in total. The minimum Gasteiger partial charge on any atom is -0.446 e. The molecule has 32 heavy (non-hydrogen) atoms. The van der Waals surface area contributed by atoms with Gasteiger partial charge in [0.25, 0.3) is 0 Å². The van der Waals surface area contributed by atoms with Gasteiger partial charge in [-0.15, -0.1) is 0 Å². The summed E-state index contributed by atoms with van der Waals surface area (Å²) in [7, 11) is 0. The van der Waals surface area contributed by atoms with Crippen molar-refractivity contribution in [3.63, 3.8) is 0 Å². The van der Waals surface area contributed by atoms with Crippen LogP contribution in [0.4, 0.5) is 13.6 Å². The van der Waals surface area contributed by atoms with Gasteiger partial charge in [0.15, 0.2) is 0 Å². The zero-order valence-corrected chi connectivity index (χ0v) is 19.2. The topological polar surface area (TPSA) is 117 Å². The lowest BCUT2D eigenvalue weighted by Gasteiger charge is -2.32. The number of aliphatic hydroxyl groups excluding tert-OH is 1. The predicted octanol–water partition coefficient (Wildman–Crippen LogP) is 2.34. The molecule has 0 aromatic rings. The Hall–Kier alpha value is -1.97. The van der Waals surface area contributed by atoms with Gasteiger partial charge in [0, 0.05) is 25.3 Å². The van der Waals surface area contributed by atoms with E-state index in [1.165, 1.54) is 0 Å². The maximum absolute atomic E-state index is 13.4. The molecule has 184 valence electrons. The molecule has 0 aromatic carbocycles. The number of alkyl halides is 2. The summed E-state index contributed by atoms with van der Waals surface area (Å²) in [6, 6.07) is -1.48. The third kappa shape index (κ3) is 8.18. The minimum atomic E-state index is -2.65. The standard InChI is InChI=1S/C22H37F2N3O5/c1-13(2)10-18(20(30)26-17(12-28)11-16-6-9-25-19(16)29)27-21(31)32-14(3)15-4-7-22(23,24)8-5-15/h13-18,28H,4-12H2,1-3H3,(H,25,29)(H,26,30)(H,27,31)/t14-,16-,17-,18-/m0/s1. The van der Waals surface area contributed by atoms with E-state index >= 15 is 0 Å². The molecule has 2 rings (SSSR count). The summed E-state index contributed by atoms with van der Waals surface area (Å²) in [5.74, 6) is -3.52. The summed E-state index contributed by atoms with van der Waals surface area (Å²) in [5.41, 5.74) is 0. The number of carbonyl (C=O) groups excluding carboxylic acids is 3. The van der Waals surface area contributed by atoms with Crippen LogP contribution in [0.5, 0.6) is 0 Å². The highest BCUT2D eigenvalue weighted by atomic mass is 19.3. The largest absolute Gasteiger partial charge is 0.446 e. The molecule has 1 aliphatic carbocycles. The molecule has 4 atom stereocenters. The SMILES string of the molecule is CC(C)C[C@H](NC(=O)O[C@@H](C)C1CCC(F)(F)CC1)C(=O)N[C@H](CO)C[C@@H]1CCNC1=O. The van der Waals surface area contributed by atoms with Gasteiger partial charge in [0.1, 0.15) is 12.1 Å². The molecule has 2 aliphatic rings. The zero-order valence-electron chi connectivity index (χ0n) is 19.2. The highest BCUT2D eigenvalue weighted by Crippen LogP contribution is 2.38. The van der Waals surface area contributed by atoms with Crippen molar-refractivity contribution >= 4 is 17.9 Å². The number of alkyl carbamates (subject to hydrolysis) is 1. The van der Waals surface area contributed by atoms with Crippen LogP contribution in [-0.4, -0.2) is 60.3 Å². The second kappa shape index (κ2) is 11.8. The highest BCUT2D eigenvalue weighted by Gasteiger charge is 2.38. The third-order valence-corrected chi connectivity index (χ3v) is 6.33. The Morgan fingerprint density at radius 2 is 1.84 bits per heavy atom. The monoisotopic (exact) mass is 461 g/mol. The molecule has 1 saturated carbocycles. The second-order valence-electron chi connectivity index (χ2n) is 9.53. The Kier molecular flexibility index (Phi) is 9.66. The molecule has 0 unspecified atom stereocenters. The van der Waals surface area contributed by atoms with Gasteiger partial charge in [-0.1, -0.05) is 13.8 Å². The lowest BCUT2D eigenvalue weighted by atomic mass is 9.84. The van der Waals surface area contributed by atoms with E-state index in [0.29, 0.717) is 25.8 Å². The van der Waals surface area contributed by atoms with Gasteiger partial charge in [-0.05, 0) is 50.9 Å². The van der Waals surface area contributed by atoms with Gasteiger partial charge >= 0.3 is 6.09 Å². The van der Waals surface area contributed by atoms with Crippen molar-refractivity contribution in [1.82, 2.24) is 16.0 Å². The molecule has 0 aromatic heterocycles. The van der Waals surface area contributed by atoms with Crippen molar-refractivity contribution < 1.29 is 33.0 Å². The summed E-state index contributed by atoms with van der Waals surface area (Å²) in [6.45, 7) is 5.75. The average Bonchev–Trinajstić information content (AvgIpc) is 3.10. The normalized spacial score (nSPS) is 23.8. The van der Waals surface area contributed by atoms with E-state index in [4.69, 9.17) is 4.74 Å². The Morgan fingerprint density at radius 1 is 1.19 bits per heavy atom. The first-order chi connectivity index (χ1) is 15.0. The minimum absolute atomic E-state index is 0.0902. The van der Waals surface area contributed by atoms with E-state index < -0.39 is 36.1 Å². The first-order valence-electron chi connectivity index (χ1n) is 11.5. The highest BCUT2D eigenvalue weighted by molar-refractivity contribution is 5.86. The smallest absolute Gasteiger partial charge is 0.408 e. The van der Waals surface area contributed by atoms with Crippen LogP contribution in [0.15, 0.2) is 0 Å². The lowest BCUT2D eigenvalue weighted by molar-refractivity contribution is -0.126. The van der Waals surface area contributed by atoms with Crippen molar-refractivity contribution in [3.05, 3.63) is 0 Å². The van der Waals surface area contributed by atoms with E-state index in [1.807, 2.05) is 13.8 Å². The number of rotatable bonds is 10. The van der Waals surface area contributed by atoms with E-state index in [0.717, 1.165) is 0 Å². The fraction of sp³-hybridized carbons (Fsp3) is 0.864. The Balaban J connectivity index is 1.89. The molecule has 8 nitrogen and oxygen atoms in total. The number of amides is 3. The number of hydrogen-bond donors (Lipinski definition) is 4. The van der Waals surface area contributed by atoms with Crippen molar-refractivity contribution in [2.75, 3.05) is 13.2 Å². The molecule has 0 bridgehead atoms. The third-order valence-electron chi connectivity index (χ3n) is 6.33. The van der Waals surface area contributed by atoms with Crippen LogP contribution in [0.3, 0.4) is 0 Å². The van der Waals surface area contributed by atoms with Gasteiger partial charge in [-0.2, -0.15) is 0 Å². The fourth-order valence-corrected chi connectivity index (χ4v) is 4.37. The number of aliphatic hydroxyl groups is 1. The van der Waals surface area contributed by atoms with Crippen molar-refractivity contribution in [2.45, 2.75) is 89.8 Å². The van der Waals surface area contributed by atoms with Crippen LogP contribution in [0, 0.1) is 17.8 Å². The number of hydrogen-bond acceptors (Lipinski definition) is 5. The Bertz CT molecular complexity index is 651. The first kappa shape index (κ1) is 26.3. The molecule has 2 fully saturated rings. The summed E-state index contributed by atoms with van der Waals surface area (Å²) in [6.07, 6.45) is 0.139. The summed E-state index contributed by atoms with van der Waals surface area (Å²) < 4.78 is 32.1. The molecule has 0 spiro atoms. The van der Waals surface area contributed by atoms with Crippen LogP contribution < -0.4 is 16.0 Å². The van der Waals surface area contributed by atoms with E-state index in [9.17, 15) is 28.3 Å². The molecular formula is C22H37F2N3O5. The number of ether oxygens (including phenoxy) is 1. The van der Waals surface area contributed by atoms with Crippen LogP contribution in [0.1, 0.15) is 65.7 Å². The van der Waals surface area contributed by atoms with Crippen LogP contribution in [0.25, 0.3) is 0 Å². The van der Waals surface area contributed by atoms with E-state index in [2.05, 4.69) is 16.0 Å². The zero-order chi connectivity index (χ0) is 23.9. The molecule has 3 amide bonds. The number of carbonyl (C=O) groups is 3. The van der Waals surface area contributed by atoms with E-state index in [1.54, 1.807) is 6.92 Å². The van der Waals surface area contributed by atoms with Crippen LogP contribution in [0.2, 0.25) is 0 Å². The lowest BCUT2D eigenvalue weighted by Crippen LogP contribution is -2.52. The molecule has 0 radical (unpaired) electrons. The van der Waals surface area contributed by atoms with Gasteiger partial charge < -0.3 is 25.8 Å². The van der Waals surface area contributed by atoms with Crippen molar-refractivity contribution in [3.8, 4) is 0 Å². The van der Waals surface area contributed by atoms with Crippen LogP contribution >= 0.6 is 0 Å². The van der Waals surface area contributed by atoms with E-state index in [-0.39, 0.29) is 56.0 Å². The Labute approximate surface area is 188 Å². The van der Waals surface area contributed by atoms with Gasteiger partial charge in [-0.25, -0.2) is 13.6 Å². The van der Waals surface area contributed by atoms with Crippen molar-refractivity contribution in [2.24, 2.45) is 17.8 Å². The predicted molar refractivity (Wildman–Crippen MR) is 114 cm³/mol.